The van der Waals surface area contributed by atoms with Crippen LogP contribution in [-0.4, -0.2) is 18.6 Å². The van der Waals surface area contributed by atoms with Crippen LogP contribution in [0.4, 0.5) is 0 Å². The predicted octanol–water partition coefficient (Wildman–Crippen LogP) is 4.44. The molecule has 0 radical (unpaired) electrons. The quantitative estimate of drug-likeness (QED) is 0.814. The van der Waals surface area contributed by atoms with Crippen molar-refractivity contribution in [1.82, 2.24) is 5.32 Å². The first-order valence-electron chi connectivity index (χ1n) is 6.94. The Labute approximate surface area is 153 Å². The van der Waals surface area contributed by atoms with Crippen molar-refractivity contribution in [1.29, 1.82) is 0 Å². The minimum absolute atomic E-state index is 0. The van der Waals surface area contributed by atoms with Gasteiger partial charge in [0, 0.05) is 11.6 Å². The molecule has 0 aliphatic heterocycles. The number of ether oxygens (including phenoxy) is 1. The summed E-state index contributed by atoms with van der Waals surface area (Å²) in [5.41, 5.74) is 1.58. The highest BCUT2D eigenvalue weighted by molar-refractivity contribution is 7.59. The Balaban J connectivity index is 0.00000264. The smallest absolute Gasteiger partial charge is 0.251 e. The number of halogens is 2. The lowest BCUT2D eigenvalue weighted by molar-refractivity contribution is 0.0820. The first-order valence-corrected chi connectivity index (χ1v) is 7.69. The first kappa shape index (κ1) is 19.8. The molecule has 0 spiro atoms. The van der Waals surface area contributed by atoms with Gasteiger partial charge in [-0.05, 0) is 30.7 Å². The third-order valence-corrected chi connectivity index (χ3v) is 3.78. The maximum Gasteiger partial charge on any atom is 0.251 e. The van der Waals surface area contributed by atoms with Crippen LogP contribution in [0.2, 0.25) is 10.0 Å². The van der Waals surface area contributed by atoms with E-state index in [-0.39, 0.29) is 25.4 Å². The van der Waals surface area contributed by atoms with Gasteiger partial charge in [0.15, 0.2) is 0 Å². The molecular formula is C17H19Cl2NO2S. The SMILES string of the molecule is C[C@@H](COCc1ccccc1)NC(=O)c1ccc(Cl)c(Cl)c1.S. The Hall–Kier alpha value is -1.20. The van der Waals surface area contributed by atoms with E-state index in [1.165, 1.54) is 0 Å². The van der Waals surface area contributed by atoms with Crippen LogP contribution >= 0.6 is 36.7 Å². The fourth-order valence-electron chi connectivity index (χ4n) is 1.91. The van der Waals surface area contributed by atoms with Crippen molar-refractivity contribution in [2.24, 2.45) is 0 Å². The zero-order chi connectivity index (χ0) is 15.9. The van der Waals surface area contributed by atoms with Gasteiger partial charge in [-0.1, -0.05) is 53.5 Å². The summed E-state index contributed by atoms with van der Waals surface area (Å²) in [4.78, 5) is 12.1. The van der Waals surface area contributed by atoms with Crippen molar-refractivity contribution in [3.63, 3.8) is 0 Å². The Morgan fingerprint density at radius 1 is 1.13 bits per heavy atom. The second-order valence-corrected chi connectivity index (χ2v) is 5.82. The molecule has 0 fully saturated rings. The number of benzene rings is 2. The van der Waals surface area contributed by atoms with Crippen molar-refractivity contribution in [3.8, 4) is 0 Å². The highest BCUT2D eigenvalue weighted by Crippen LogP contribution is 2.22. The van der Waals surface area contributed by atoms with E-state index in [0.29, 0.717) is 28.8 Å². The lowest BCUT2D eigenvalue weighted by atomic mass is 10.2. The number of nitrogens with one attached hydrogen (secondary N) is 1. The van der Waals surface area contributed by atoms with E-state index in [1.807, 2.05) is 37.3 Å². The molecule has 0 aromatic heterocycles. The third-order valence-electron chi connectivity index (χ3n) is 3.04. The number of amides is 1. The normalized spacial score (nSPS) is 11.4. The van der Waals surface area contributed by atoms with Crippen molar-refractivity contribution in [2.75, 3.05) is 6.61 Å². The Bertz CT molecular complexity index is 638. The number of carbonyl (C=O) groups excluding carboxylic acids is 1. The molecular weight excluding hydrogens is 353 g/mol. The van der Waals surface area contributed by atoms with Crippen molar-refractivity contribution < 1.29 is 9.53 Å². The van der Waals surface area contributed by atoms with Crippen molar-refractivity contribution in [3.05, 3.63) is 69.7 Å². The van der Waals surface area contributed by atoms with Gasteiger partial charge in [0.2, 0.25) is 0 Å². The molecule has 0 heterocycles. The van der Waals surface area contributed by atoms with E-state index in [0.717, 1.165) is 5.56 Å². The largest absolute Gasteiger partial charge is 0.375 e. The van der Waals surface area contributed by atoms with Crippen molar-refractivity contribution in [2.45, 2.75) is 19.6 Å². The zero-order valence-electron chi connectivity index (χ0n) is 12.7. The summed E-state index contributed by atoms with van der Waals surface area (Å²) < 4.78 is 5.60. The monoisotopic (exact) mass is 371 g/mol. The Kier molecular flexibility index (Phi) is 8.48. The summed E-state index contributed by atoms with van der Waals surface area (Å²) in [6.45, 7) is 2.84. The minimum atomic E-state index is -0.200. The summed E-state index contributed by atoms with van der Waals surface area (Å²) in [7, 11) is 0. The molecule has 1 atom stereocenters. The Morgan fingerprint density at radius 3 is 2.48 bits per heavy atom. The lowest BCUT2D eigenvalue weighted by Crippen LogP contribution is -2.35. The molecule has 1 amide bonds. The van der Waals surface area contributed by atoms with Gasteiger partial charge in [-0.25, -0.2) is 0 Å². The minimum Gasteiger partial charge on any atom is -0.375 e. The molecule has 6 heteroatoms. The molecule has 2 aromatic rings. The second kappa shape index (κ2) is 9.83. The van der Waals surface area contributed by atoms with E-state index in [2.05, 4.69) is 5.32 Å². The maximum absolute atomic E-state index is 12.1. The zero-order valence-corrected chi connectivity index (χ0v) is 15.2. The van der Waals surface area contributed by atoms with Crippen LogP contribution in [0.1, 0.15) is 22.8 Å². The highest BCUT2D eigenvalue weighted by atomic mass is 35.5. The van der Waals surface area contributed by atoms with Gasteiger partial charge in [-0.3, -0.25) is 4.79 Å². The van der Waals surface area contributed by atoms with Gasteiger partial charge in [0.05, 0.1) is 23.3 Å². The second-order valence-electron chi connectivity index (χ2n) is 5.00. The highest BCUT2D eigenvalue weighted by Gasteiger charge is 2.11. The first-order chi connectivity index (χ1) is 10.6. The Morgan fingerprint density at radius 2 is 1.83 bits per heavy atom. The van der Waals surface area contributed by atoms with Crippen LogP contribution in [0.15, 0.2) is 48.5 Å². The molecule has 0 saturated carbocycles. The van der Waals surface area contributed by atoms with Crippen LogP contribution in [0.25, 0.3) is 0 Å². The number of hydrogen-bond acceptors (Lipinski definition) is 2. The standard InChI is InChI=1S/C17H17Cl2NO2.H2S/c1-12(10-22-11-13-5-3-2-4-6-13)20-17(21)14-7-8-15(18)16(19)9-14;/h2-9,12H,10-11H2,1H3,(H,20,21);1H2/t12-;/m0./s1. The molecule has 3 nitrogen and oxygen atoms in total. The van der Waals surface area contributed by atoms with E-state index in [4.69, 9.17) is 27.9 Å². The molecule has 0 saturated heterocycles. The predicted molar refractivity (Wildman–Crippen MR) is 99.9 cm³/mol. The summed E-state index contributed by atoms with van der Waals surface area (Å²) in [6.07, 6.45) is 0. The molecule has 0 aliphatic rings. The average molecular weight is 372 g/mol. The lowest BCUT2D eigenvalue weighted by Gasteiger charge is -2.14. The molecule has 0 aliphatic carbocycles. The third kappa shape index (κ3) is 6.43. The number of carbonyl (C=O) groups is 1. The molecule has 2 aromatic carbocycles. The molecule has 0 unspecified atom stereocenters. The number of rotatable bonds is 6. The molecule has 2 rings (SSSR count). The molecule has 1 N–H and O–H groups in total. The fraction of sp³-hybridized carbons (Fsp3) is 0.235. The average Bonchev–Trinajstić information content (AvgIpc) is 2.51. The van der Waals surface area contributed by atoms with Crippen LogP contribution in [0.5, 0.6) is 0 Å². The van der Waals surface area contributed by atoms with Gasteiger partial charge >= 0.3 is 0 Å². The van der Waals surface area contributed by atoms with Gasteiger partial charge in [-0.15, -0.1) is 0 Å². The summed E-state index contributed by atoms with van der Waals surface area (Å²) in [5, 5.41) is 3.65. The van der Waals surface area contributed by atoms with Gasteiger partial charge < -0.3 is 10.1 Å². The summed E-state index contributed by atoms with van der Waals surface area (Å²) in [6, 6.07) is 14.6. The maximum atomic E-state index is 12.1. The number of hydrogen-bond donors (Lipinski definition) is 1. The van der Waals surface area contributed by atoms with E-state index < -0.39 is 0 Å². The van der Waals surface area contributed by atoms with Crippen LogP contribution in [0, 0.1) is 0 Å². The van der Waals surface area contributed by atoms with Crippen LogP contribution in [0.3, 0.4) is 0 Å². The topological polar surface area (TPSA) is 38.3 Å². The molecule has 23 heavy (non-hydrogen) atoms. The van der Waals surface area contributed by atoms with E-state index >= 15 is 0 Å². The van der Waals surface area contributed by atoms with Crippen LogP contribution in [-0.2, 0) is 11.3 Å². The van der Waals surface area contributed by atoms with E-state index in [9.17, 15) is 4.79 Å². The molecule has 124 valence electrons. The van der Waals surface area contributed by atoms with E-state index in [1.54, 1.807) is 18.2 Å². The summed E-state index contributed by atoms with van der Waals surface area (Å²) >= 11 is 11.7. The molecule has 0 bridgehead atoms. The van der Waals surface area contributed by atoms with Crippen molar-refractivity contribution >= 4 is 42.6 Å². The summed E-state index contributed by atoms with van der Waals surface area (Å²) in [5.74, 6) is -0.200. The van der Waals surface area contributed by atoms with Crippen LogP contribution < -0.4 is 5.32 Å². The fourth-order valence-corrected chi connectivity index (χ4v) is 2.21. The van der Waals surface area contributed by atoms with Gasteiger partial charge in [0.1, 0.15) is 0 Å². The van der Waals surface area contributed by atoms with Gasteiger partial charge in [-0.2, -0.15) is 13.5 Å². The van der Waals surface area contributed by atoms with Gasteiger partial charge in [0.25, 0.3) is 5.91 Å².